The van der Waals surface area contributed by atoms with Crippen LogP contribution in [0.4, 0.5) is 5.69 Å². The maximum absolute atomic E-state index is 12.7. The molecule has 8 nitrogen and oxygen atoms in total. The fraction of sp³-hybridized carbons (Fsp3) is 0.111. The minimum Gasteiger partial charge on any atom is -0.493 e. The molecule has 0 saturated heterocycles. The fourth-order valence-electron chi connectivity index (χ4n) is 4.00. The molecule has 0 radical (unpaired) electrons. The molecule has 0 saturated carbocycles. The number of aryl methyl sites for hydroxylation is 1. The van der Waals surface area contributed by atoms with Gasteiger partial charge in [0.05, 0.1) is 19.9 Å². The Morgan fingerprint density at radius 1 is 0.889 bits per heavy atom. The predicted molar refractivity (Wildman–Crippen MR) is 144 cm³/mol. The van der Waals surface area contributed by atoms with E-state index >= 15 is 0 Å². The number of thiocarbonyl (C=S) groups is 1. The number of nitrogens with zero attached hydrogens (tertiary/aromatic N) is 3. The SMILES string of the molecule is COc1ccc(C(=O)NC(=S)Nc2cc3nn(-c4cccc5ccccc45)nc3cc2C)cc1OC. The van der Waals surface area contributed by atoms with Crippen molar-refractivity contribution >= 4 is 50.7 Å². The third-order valence-corrected chi connectivity index (χ3v) is 6.03. The van der Waals surface area contributed by atoms with Crippen LogP contribution in [0.1, 0.15) is 15.9 Å². The molecule has 0 unspecified atom stereocenters. The fourth-order valence-corrected chi connectivity index (χ4v) is 4.20. The summed E-state index contributed by atoms with van der Waals surface area (Å²) in [5, 5.41) is 17.5. The summed E-state index contributed by atoms with van der Waals surface area (Å²) in [5.41, 5.74) is 4.38. The maximum atomic E-state index is 12.7. The second kappa shape index (κ2) is 9.63. The first-order valence-corrected chi connectivity index (χ1v) is 11.6. The molecular formula is C27H23N5O3S. The van der Waals surface area contributed by atoms with Crippen molar-refractivity contribution in [1.29, 1.82) is 0 Å². The molecule has 0 aliphatic heterocycles. The van der Waals surface area contributed by atoms with E-state index in [1.807, 2.05) is 43.3 Å². The van der Waals surface area contributed by atoms with Gasteiger partial charge in [-0.15, -0.1) is 15.0 Å². The number of fused-ring (bicyclic) bond motifs is 2. The van der Waals surface area contributed by atoms with Crippen molar-refractivity contribution in [2.24, 2.45) is 0 Å². The lowest BCUT2D eigenvalue weighted by Gasteiger charge is -2.13. The summed E-state index contributed by atoms with van der Waals surface area (Å²) in [6, 6.07) is 22.9. The minimum atomic E-state index is -0.367. The zero-order valence-electron chi connectivity index (χ0n) is 19.9. The Bertz CT molecular complexity index is 1620. The molecule has 180 valence electrons. The van der Waals surface area contributed by atoms with E-state index in [9.17, 15) is 4.79 Å². The first kappa shape index (κ1) is 23.3. The molecule has 9 heteroatoms. The normalized spacial score (nSPS) is 10.9. The van der Waals surface area contributed by atoms with Crippen LogP contribution in [0.25, 0.3) is 27.5 Å². The van der Waals surface area contributed by atoms with E-state index in [2.05, 4.69) is 33.9 Å². The highest BCUT2D eigenvalue weighted by atomic mass is 32.1. The molecule has 0 atom stereocenters. The Morgan fingerprint density at radius 2 is 1.61 bits per heavy atom. The molecule has 0 fully saturated rings. The first-order valence-electron chi connectivity index (χ1n) is 11.2. The smallest absolute Gasteiger partial charge is 0.257 e. The lowest BCUT2D eigenvalue weighted by Crippen LogP contribution is -2.34. The Hall–Kier alpha value is -4.50. The summed E-state index contributed by atoms with van der Waals surface area (Å²) in [4.78, 5) is 14.4. The Kier molecular flexibility index (Phi) is 6.22. The van der Waals surface area contributed by atoms with Gasteiger partial charge in [0.15, 0.2) is 16.6 Å². The summed E-state index contributed by atoms with van der Waals surface area (Å²) in [6.45, 7) is 1.94. The zero-order valence-corrected chi connectivity index (χ0v) is 20.7. The summed E-state index contributed by atoms with van der Waals surface area (Å²) >= 11 is 5.40. The van der Waals surface area contributed by atoms with E-state index in [0.29, 0.717) is 22.6 Å². The Morgan fingerprint density at radius 3 is 2.39 bits per heavy atom. The van der Waals surface area contributed by atoms with Crippen LogP contribution >= 0.6 is 12.2 Å². The maximum Gasteiger partial charge on any atom is 0.257 e. The minimum absolute atomic E-state index is 0.165. The summed E-state index contributed by atoms with van der Waals surface area (Å²) in [5.74, 6) is 0.629. The number of amides is 1. The van der Waals surface area contributed by atoms with E-state index in [0.717, 1.165) is 33.2 Å². The Balaban J connectivity index is 1.37. The topological polar surface area (TPSA) is 90.3 Å². The van der Waals surface area contributed by atoms with Gasteiger partial charge in [0, 0.05) is 16.6 Å². The van der Waals surface area contributed by atoms with Crippen molar-refractivity contribution in [3.63, 3.8) is 0 Å². The zero-order chi connectivity index (χ0) is 25.2. The molecule has 1 heterocycles. The van der Waals surface area contributed by atoms with Crippen molar-refractivity contribution in [2.45, 2.75) is 6.92 Å². The number of rotatable bonds is 5. The van der Waals surface area contributed by atoms with Gasteiger partial charge in [0.1, 0.15) is 11.0 Å². The molecule has 5 aromatic rings. The summed E-state index contributed by atoms with van der Waals surface area (Å²) in [7, 11) is 3.05. The van der Waals surface area contributed by atoms with Gasteiger partial charge in [-0.2, -0.15) is 0 Å². The third kappa shape index (κ3) is 4.44. The molecule has 36 heavy (non-hydrogen) atoms. The van der Waals surface area contributed by atoms with E-state index in [-0.39, 0.29) is 11.0 Å². The van der Waals surface area contributed by atoms with Crippen molar-refractivity contribution in [1.82, 2.24) is 20.3 Å². The van der Waals surface area contributed by atoms with E-state index in [1.165, 1.54) is 14.2 Å². The monoisotopic (exact) mass is 497 g/mol. The van der Waals surface area contributed by atoms with Gasteiger partial charge >= 0.3 is 0 Å². The lowest BCUT2D eigenvalue weighted by atomic mass is 10.1. The molecule has 2 N–H and O–H groups in total. The van der Waals surface area contributed by atoms with Gasteiger partial charge < -0.3 is 14.8 Å². The van der Waals surface area contributed by atoms with Gasteiger partial charge in [-0.25, -0.2) is 0 Å². The van der Waals surface area contributed by atoms with Crippen LogP contribution in [0.5, 0.6) is 11.5 Å². The molecule has 4 aromatic carbocycles. The third-order valence-electron chi connectivity index (χ3n) is 5.83. The van der Waals surface area contributed by atoms with Crippen LogP contribution < -0.4 is 20.1 Å². The second-order valence-corrected chi connectivity index (χ2v) is 8.53. The number of ether oxygens (including phenoxy) is 2. The number of nitrogens with one attached hydrogen (secondary N) is 2. The average molecular weight is 498 g/mol. The number of carbonyl (C=O) groups is 1. The van der Waals surface area contributed by atoms with Crippen LogP contribution in [0, 0.1) is 6.92 Å². The molecule has 0 bridgehead atoms. The molecule has 1 amide bonds. The number of methoxy groups -OCH3 is 2. The highest BCUT2D eigenvalue weighted by Gasteiger charge is 2.14. The van der Waals surface area contributed by atoms with Crippen molar-refractivity contribution in [3.05, 3.63) is 83.9 Å². The highest BCUT2D eigenvalue weighted by Crippen LogP contribution is 2.28. The second-order valence-electron chi connectivity index (χ2n) is 8.12. The molecular weight excluding hydrogens is 474 g/mol. The number of aromatic nitrogens is 3. The largest absolute Gasteiger partial charge is 0.493 e. The van der Waals surface area contributed by atoms with Crippen LogP contribution in [0.2, 0.25) is 0 Å². The van der Waals surface area contributed by atoms with E-state index in [1.54, 1.807) is 23.0 Å². The molecule has 0 aliphatic carbocycles. The van der Waals surface area contributed by atoms with Gasteiger partial charge in [0.25, 0.3) is 5.91 Å². The van der Waals surface area contributed by atoms with Crippen LogP contribution in [-0.4, -0.2) is 40.2 Å². The van der Waals surface area contributed by atoms with Gasteiger partial charge in [-0.1, -0.05) is 36.4 Å². The predicted octanol–water partition coefficient (Wildman–Crippen LogP) is 5.03. The quantitative estimate of drug-likeness (QED) is 0.329. The van der Waals surface area contributed by atoms with Gasteiger partial charge in [0.2, 0.25) is 0 Å². The average Bonchev–Trinajstić information content (AvgIpc) is 3.30. The first-order chi connectivity index (χ1) is 17.5. The van der Waals surface area contributed by atoms with Crippen LogP contribution in [-0.2, 0) is 0 Å². The van der Waals surface area contributed by atoms with E-state index in [4.69, 9.17) is 26.8 Å². The summed E-state index contributed by atoms with van der Waals surface area (Å²) < 4.78 is 10.5. The van der Waals surface area contributed by atoms with Crippen molar-refractivity contribution in [2.75, 3.05) is 19.5 Å². The Labute approximate surface area is 212 Å². The standard InChI is InChI=1S/C27H23N5O3S/c1-16-13-21-22(31-32(30-21)23-10-6-8-17-7-4-5-9-19(17)23)15-20(16)28-27(36)29-26(33)18-11-12-24(34-2)25(14-18)35-3/h4-15H,1-3H3,(H2,28,29,33,36). The highest BCUT2D eigenvalue weighted by molar-refractivity contribution is 7.80. The number of benzene rings is 4. The van der Waals surface area contributed by atoms with Crippen molar-refractivity contribution in [3.8, 4) is 17.2 Å². The van der Waals surface area contributed by atoms with Crippen LogP contribution in [0.3, 0.4) is 0 Å². The van der Waals surface area contributed by atoms with E-state index < -0.39 is 0 Å². The summed E-state index contributed by atoms with van der Waals surface area (Å²) in [6.07, 6.45) is 0. The number of hydrogen-bond acceptors (Lipinski definition) is 6. The molecule has 1 aromatic heterocycles. The van der Waals surface area contributed by atoms with Crippen LogP contribution in [0.15, 0.2) is 72.8 Å². The number of carbonyl (C=O) groups excluding carboxylic acids is 1. The van der Waals surface area contributed by atoms with Gasteiger partial charge in [-0.3, -0.25) is 10.1 Å². The number of hydrogen-bond donors (Lipinski definition) is 2. The number of anilines is 1. The lowest BCUT2D eigenvalue weighted by molar-refractivity contribution is 0.0977. The molecule has 0 spiro atoms. The molecule has 5 rings (SSSR count). The molecule has 0 aliphatic rings. The van der Waals surface area contributed by atoms with Crippen molar-refractivity contribution < 1.29 is 14.3 Å². The van der Waals surface area contributed by atoms with Gasteiger partial charge in [-0.05, 0) is 66.5 Å².